The van der Waals surface area contributed by atoms with Crippen molar-refractivity contribution >= 4 is 16.6 Å². The van der Waals surface area contributed by atoms with Gasteiger partial charge in [-0.2, -0.15) is 18.2 Å². The van der Waals surface area contributed by atoms with E-state index in [1.54, 1.807) is 6.07 Å². The zero-order valence-corrected chi connectivity index (χ0v) is 13.6. The van der Waals surface area contributed by atoms with Crippen LogP contribution >= 0.6 is 0 Å². The maximum atomic E-state index is 12.1. The van der Waals surface area contributed by atoms with Crippen molar-refractivity contribution in [3.8, 4) is 0 Å². The smallest absolute Gasteiger partial charge is 0.138 e. The molecule has 0 bridgehead atoms. The number of pyridine rings is 1. The fourth-order valence-electron chi connectivity index (χ4n) is 2.42. The molecule has 2 aromatic rings. The van der Waals surface area contributed by atoms with Gasteiger partial charge in [0.15, 0.2) is 0 Å². The second-order valence-corrected chi connectivity index (χ2v) is 4.59. The van der Waals surface area contributed by atoms with Gasteiger partial charge in [0.25, 0.3) is 0 Å². The number of nitrogens with zero attached hydrogens (tertiary/aromatic N) is 3. The van der Waals surface area contributed by atoms with E-state index in [0.29, 0.717) is 0 Å². The van der Waals surface area contributed by atoms with Crippen LogP contribution < -0.4 is 15.3 Å². The Morgan fingerprint density at radius 3 is 2.72 bits per heavy atom. The first-order valence-corrected chi connectivity index (χ1v) is 5.58. The van der Waals surface area contributed by atoms with Gasteiger partial charge in [0, 0.05) is 51.5 Å². The van der Waals surface area contributed by atoms with Crippen molar-refractivity contribution < 1.29 is 32.7 Å². The number of aryl methyl sites for hydroxylation is 1. The molecule has 0 saturated carbocycles. The molecule has 0 fully saturated rings. The number of hydrogen-bond donors (Lipinski definition) is 0. The van der Waals surface area contributed by atoms with Crippen LogP contribution in [0.2, 0.25) is 0 Å². The van der Waals surface area contributed by atoms with Crippen molar-refractivity contribution in [2.45, 2.75) is 6.92 Å². The van der Waals surface area contributed by atoms with Crippen molar-refractivity contribution in [2.24, 2.45) is 0 Å². The predicted octanol–water partition coefficient (Wildman–Crippen LogP) is 1.08. The van der Waals surface area contributed by atoms with E-state index in [2.05, 4.69) is 20.7 Å². The van der Waals surface area contributed by atoms with E-state index in [1.807, 2.05) is 33.3 Å². The van der Waals surface area contributed by atoms with Gasteiger partial charge >= 0.3 is 0 Å². The van der Waals surface area contributed by atoms with E-state index >= 15 is 0 Å². The van der Waals surface area contributed by atoms with Crippen LogP contribution in [-0.4, -0.2) is 25.4 Å². The summed E-state index contributed by atoms with van der Waals surface area (Å²) in [5.41, 5.74) is 2.88. The average molecular weight is 317 g/mol. The van der Waals surface area contributed by atoms with Crippen LogP contribution in [0.15, 0.2) is 23.1 Å². The SMILES string of the molecule is Cc1cn2c3c(c[c-]cc3c1=O)N(C)CN2C.[Y]. The van der Waals surface area contributed by atoms with E-state index in [-0.39, 0.29) is 38.1 Å². The summed E-state index contributed by atoms with van der Waals surface area (Å²) in [4.78, 5) is 14.2. The van der Waals surface area contributed by atoms with Crippen LogP contribution in [0.3, 0.4) is 0 Å². The molecule has 0 spiro atoms. The molecule has 4 nitrogen and oxygen atoms in total. The topological polar surface area (TPSA) is 28.5 Å². The minimum absolute atomic E-state index is 0. The molecule has 1 radical (unpaired) electrons. The van der Waals surface area contributed by atoms with Gasteiger partial charge in [-0.1, -0.05) is 5.39 Å². The van der Waals surface area contributed by atoms with Crippen molar-refractivity contribution in [1.82, 2.24) is 4.68 Å². The van der Waals surface area contributed by atoms with Crippen LogP contribution in [0.25, 0.3) is 10.9 Å². The maximum Gasteiger partial charge on any atom is 0.138 e. The van der Waals surface area contributed by atoms with E-state index in [4.69, 9.17) is 0 Å². The summed E-state index contributed by atoms with van der Waals surface area (Å²) in [6, 6.07) is 6.76. The normalized spacial score (nSPS) is 13.7. The van der Waals surface area contributed by atoms with Crippen LogP contribution in [0, 0.1) is 13.0 Å². The second-order valence-electron chi connectivity index (χ2n) is 4.59. The van der Waals surface area contributed by atoms with Crippen molar-refractivity contribution in [1.29, 1.82) is 0 Å². The molecule has 5 heteroatoms. The fraction of sp³-hybridized carbons (Fsp3) is 0.308. The Labute approximate surface area is 131 Å². The Morgan fingerprint density at radius 2 is 2.00 bits per heavy atom. The average Bonchev–Trinajstić information content (AvgIpc) is 2.31. The van der Waals surface area contributed by atoms with E-state index < -0.39 is 0 Å². The number of hydrogen-bond acceptors (Lipinski definition) is 3. The van der Waals surface area contributed by atoms with Crippen molar-refractivity contribution in [3.63, 3.8) is 0 Å². The van der Waals surface area contributed by atoms with Gasteiger partial charge in [0.2, 0.25) is 0 Å². The molecule has 0 N–H and O–H groups in total. The molecule has 3 rings (SSSR count). The van der Waals surface area contributed by atoms with E-state index in [0.717, 1.165) is 28.8 Å². The summed E-state index contributed by atoms with van der Waals surface area (Å²) in [7, 11) is 4.03. The van der Waals surface area contributed by atoms with Gasteiger partial charge < -0.3 is 9.69 Å². The Hall–Kier alpha value is -0.866. The van der Waals surface area contributed by atoms with E-state index in [9.17, 15) is 4.79 Å². The second kappa shape index (κ2) is 4.67. The minimum atomic E-state index is 0. The Kier molecular flexibility index (Phi) is 3.52. The third-order valence-electron chi connectivity index (χ3n) is 3.29. The molecule has 1 aliphatic rings. The predicted molar refractivity (Wildman–Crippen MR) is 69.2 cm³/mol. The first kappa shape index (κ1) is 13.6. The molecule has 0 saturated heterocycles. The summed E-state index contributed by atoms with van der Waals surface area (Å²) in [6.07, 6.45) is 1.90. The summed E-state index contributed by atoms with van der Waals surface area (Å²) in [5.74, 6) is 0. The Morgan fingerprint density at radius 1 is 1.28 bits per heavy atom. The van der Waals surface area contributed by atoms with Crippen LogP contribution in [0.1, 0.15) is 5.56 Å². The molecule has 91 valence electrons. The van der Waals surface area contributed by atoms with Crippen LogP contribution in [-0.2, 0) is 32.7 Å². The molecular weight excluding hydrogens is 303 g/mol. The van der Waals surface area contributed by atoms with Crippen molar-refractivity contribution in [2.75, 3.05) is 30.7 Å². The molecule has 2 heterocycles. The van der Waals surface area contributed by atoms with E-state index in [1.165, 1.54) is 0 Å². The number of aromatic nitrogens is 1. The molecule has 1 aromatic heterocycles. The molecule has 18 heavy (non-hydrogen) atoms. The molecule has 0 unspecified atom stereocenters. The minimum Gasteiger partial charge on any atom is -0.407 e. The number of benzene rings is 1. The first-order valence-electron chi connectivity index (χ1n) is 5.58. The van der Waals surface area contributed by atoms with Gasteiger partial charge in [-0.25, -0.2) is 0 Å². The third kappa shape index (κ3) is 1.79. The summed E-state index contributed by atoms with van der Waals surface area (Å²) >= 11 is 0. The molecule has 0 amide bonds. The third-order valence-corrected chi connectivity index (χ3v) is 3.29. The van der Waals surface area contributed by atoms with Crippen molar-refractivity contribution in [3.05, 3.63) is 40.2 Å². The molecular formula is C13H14N3OY-. The largest absolute Gasteiger partial charge is 0.407 e. The summed E-state index contributed by atoms with van der Waals surface area (Å²) < 4.78 is 2.05. The molecule has 0 atom stereocenters. The van der Waals surface area contributed by atoms with Gasteiger partial charge in [-0.3, -0.25) is 9.69 Å². The number of anilines is 1. The van der Waals surface area contributed by atoms with Crippen LogP contribution in [0.5, 0.6) is 0 Å². The Balaban J connectivity index is 0.00000120. The zero-order valence-electron chi connectivity index (χ0n) is 10.8. The van der Waals surface area contributed by atoms with Crippen LogP contribution in [0.4, 0.5) is 5.69 Å². The van der Waals surface area contributed by atoms with Gasteiger partial charge in [-0.05, 0) is 25.2 Å². The van der Waals surface area contributed by atoms with Gasteiger partial charge in [0.05, 0.1) is 6.67 Å². The Bertz CT molecular complexity index is 665. The first-order chi connectivity index (χ1) is 8.09. The quantitative estimate of drug-likeness (QED) is 0.681. The fourth-order valence-corrected chi connectivity index (χ4v) is 2.42. The molecule has 0 aliphatic carbocycles. The maximum absolute atomic E-state index is 12.1. The zero-order chi connectivity index (χ0) is 12.2. The summed E-state index contributed by atoms with van der Waals surface area (Å²) in [6.45, 7) is 2.65. The number of rotatable bonds is 0. The molecule has 1 aromatic carbocycles. The molecule has 1 aliphatic heterocycles. The van der Waals surface area contributed by atoms with Gasteiger partial charge in [-0.15, -0.1) is 0 Å². The summed E-state index contributed by atoms with van der Waals surface area (Å²) in [5, 5.41) is 2.82. The van der Waals surface area contributed by atoms with Gasteiger partial charge in [0.1, 0.15) is 5.43 Å². The monoisotopic (exact) mass is 317 g/mol. The standard InChI is InChI=1S/C13H14N3O.Y/c1-9-7-16-12-10(13(9)17)5-4-6-11(12)14(2)8-15(16)3;/h5-7H,8H2,1-3H3;/q-1;.